The fourth-order valence-corrected chi connectivity index (χ4v) is 4.16. The lowest BCUT2D eigenvalue weighted by molar-refractivity contribution is -0.00832. The number of nitrogens with one attached hydrogen (secondary N) is 1. The smallest absolute Gasteiger partial charge is 0.194 e. The largest absolute Gasteiger partial charge is 0.370 e. The first-order valence-electron chi connectivity index (χ1n) is 11.5. The van der Waals surface area contributed by atoms with Crippen LogP contribution in [0.2, 0.25) is 0 Å². The van der Waals surface area contributed by atoms with Crippen LogP contribution in [0.4, 0.5) is 0 Å². The summed E-state index contributed by atoms with van der Waals surface area (Å²) >= 11 is 0. The first kappa shape index (κ1) is 22.1. The van der Waals surface area contributed by atoms with E-state index in [0.717, 1.165) is 44.4 Å². The molecular weight excluding hydrogens is 398 g/mol. The number of ether oxygens (including phenoxy) is 1. The Morgan fingerprint density at radius 3 is 2.78 bits per heavy atom. The Labute approximate surface area is 191 Å². The Morgan fingerprint density at radius 1 is 1.16 bits per heavy atom. The monoisotopic (exact) mass is 431 g/mol. The van der Waals surface area contributed by atoms with Gasteiger partial charge in [-0.15, -0.1) is 0 Å². The molecule has 2 heterocycles. The van der Waals surface area contributed by atoms with E-state index in [2.05, 4.69) is 82.1 Å². The van der Waals surface area contributed by atoms with Crippen LogP contribution in [0.1, 0.15) is 35.5 Å². The number of hydrogen-bond donors (Lipinski definition) is 1. The molecule has 3 aromatic rings. The molecule has 168 valence electrons. The van der Waals surface area contributed by atoms with Crippen LogP contribution in [0, 0.1) is 6.92 Å². The second-order valence-electron chi connectivity index (χ2n) is 8.10. The molecule has 0 spiro atoms. The molecule has 0 aliphatic carbocycles. The SMILES string of the molecule is CCNC(=NCCc1nccn1Cc1ccccc1)N1CCOC(c2ccccc2C)C1. The molecule has 6 heteroatoms. The van der Waals surface area contributed by atoms with E-state index < -0.39 is 0 Å². The third kappa shape index (κ3) is 5.56. The average Bonchev–Trinajstić information content (AvgIpc) is 3.26. The van der Waals surface area contributed by atoms with Gasteiger partial charge in [0.05, 0.1) is 13.2 Å². The van der Waals surface area contributed by atoms with Gasteiger partial charge >= 0.3 is 0 Å². The maximum absolute atomic E-state index is 6.10. The number of aliphatic imine (C=N–C) groups is 1. The summed E-state index contributed by atoms with van der Waals surface area (Å²) in [5.41, 5.74) is 3.81. The molecule has 0 amide bonds. The summed E-state index contributed by atoms with van der Waals surface area (Å²) in [7, 11) is 0. The molecule has 4 rings (SSSR count). The summed E-state index contributed by atoms with van der Waals surface area (Å²) in [6, 6.07) is 19.0. The van der Waals surface area contributed by atoms with E-state index >= 15 is 0 Å². The zero-order valence-corrected chi connectivity index (χ0v) is 19.1. The summed E-state index contributed by atoms with van der Waals surface area (Å²) in [4.78, 5) is 11.8. The van der Waals surface area contributed by atoms with E-state index in [1.807, 2.05) is 18.5 Å². The van der Waals surface area contributed by atoms with Gasteiger partial charge in [0.15, 0.2) is 5.96 Å². The maximum Gasteiger partial charge on any atom is 0.194 e. The van der Waals surface area contributed by atoms with Crippen molar-refractivity contribution in [3.63, 3.8) is 0 Å². The lowest BCUT2D eigenvalue weighted by Crippen LogP contribution is -2.48. The van der Waals surface area contributed by atoms with Gasteiger partial charge in [0.1, 0.15) is 11.9 Å². The molecule has 1 aromatic heterocycles. The molecular formula is C26H33N5O. The van der Waals surface area contributed by atoms with Gasteiger partial charge in [-0.25, -0.2) is 4.98 Å². The summed E-state index contributed by atoms with van der Waals surface area (Å²) in [5.74, 6) is 2.02. The minimum absolute atomic E-state index is 0.0681. The number of hydrogen-bond acceptors (Lipinski definition) is 3. The van der Waals surface area contributed by atoms with Gasteiger partial charge in [-0.05, 0) is 30.5 Å². The van der Waals surface area contributed by atoms with E-state index in [1.165, 1.54) is 16.7 Å². The first-order chi connectivity index (χ1) is 15.7. The molecule has 0 bridgehead atoms. The molecule has 1 fully saturated rings. The highest BCUT2D eigenvalue weighted by molar-refractivity contribution is 5.80. The Hall–Kier alpha value is -3.12. The summed E-state index contributed by atoms with van der Waals surface area (Å²) in [6.45, 7) is 8.98. The molecule has 2 aromatic carbocycles. The number of aryl methyl sites for hydroxylation is 1. The van der Waals surface area contributed by atoms with Gasteiger partial charge in [0, 0.05) is 45.0 Å². The highest BCUT2D eigenvalue weighted by Gasteiger charge is 2.25. The predicted molar refractivity (Wildman–Crippen MR) is 129 cm³/mol. The molecule has 1 atom stereocenters. The third-order valence-corrected chi connectivity index (χ3v) is 5.83. The predicted octanol–water partition coefficient (Wildman–Crippen LogP) is 3.82. The Bertz CT molecular complexity index is 1010. The van der Waals surface area contributed by atoms with E-state index in [9.17, 15) is 0 Å². The fourth-order valence-electron chi connectivity index (χ4n) is 4.16. The molecule has 1 aliphatic rings. The van der Waals surface area contributed by atoms with Crippen LogP contribution in [-0.4, -0.2) is 53.2 Å². The molecule has 1 unspecified atom stereocenters. The second kappa shape index (κ2) is 11.0. The zero-order chi connectivity index (χ0) is 22.2. The molecule has 1 N–H and O–H groups in total. The van der Waals surface area contributed by atoms with E-state index in [0.29, 0.717) is 13.2 Å². The normalized spacial score (nSPS) is 16.9. The van der Waals surface area contributed by atoms with Gasteiger partial charge < -0.3 is 19.5 Å². The van der Waals surface area contributed by atoms with Crippen LogP contribution in [-0.2, 0) is 17.7 Å². The van der Waals surface area contributed by atoms with Gasteiger partial charge in [-0.3, -0.25) is 4.99 Å². The minimum Gasteiger partial charge on any atom is -0.370 e. The van der Waals surface area contributed by atoms with Crippen molar-refractivity contribution in [2.75, 3.05) is 32.8 Å². The van der Waals surface area contributed by atoms with Crippen LogP contribution >= 0.6 is 0 Å². The first-order valence-corrected chi connectivity index (χ1v) is 11.5. The molecule has 0 saturated carbocycles. The summed E-state index contributed by atoms with van der Waals surface area (Å²) < 4.78 is 8.31. The minimum atomic E-state index is 0.0681. The van der Waals surface area contributed by atoms with Crippen LogP contribution in [0.15, 0.2) is 72.0 Å². The lowest BCUT2D eigenvalue weighted by atomic mass is 10.0. The van der Waals surface area contributed by atoms with Crippen LogP contribution < -0.4 is 5.32 Å². The molecule has 32 heavy (non-hydrogen) atoms. The zero-order valence-electron chi connectivity index (χ0n) is 19.1. The van der Waals surface area contributed by atoms with Crippen molar-refractivity contribution in [3.05, 3.63) is 89.5 Å². The van der Waals surface area contributed by atoms with Crippen molar-refractivity contribution in [3.8, 4) is 0 Å². The highest BCUT2D eigenvalue weighted by atomic mass is 16.5. The summed E-state index contributed by atoms with van der Waals surface area (Å²) in [5, 5.41) is 3.47. The van der Waals surface area contributed by atoms with E-state index in [-0.39, 0.29) is 6.10 Å². The van der Waals surface area contributed by atoms with Crippen molar-refractivity contribution in [1.82, 2.24) is 19.8 Å². The van der Waals surface area contributed by atoms with Crippen LogP contribution in [0.25, 0.3) is 0 Å². The maximum atomic E-state index is 6.10. The molecule has 1 aliphatic heterocycles. The second-order valence-corrected chi connectivity index (χ2v) is 8.10. The van der Waals surface area contributed by atoms with Gasteiger partial charge in [-0.1, -0.05) is 54.6 Å². The molecule has 0 radical (unpaired) electrons. The van der Waals surface area contributed by atoms with Crippen molar-refractivity contribution in [1.29, 1.82) is 0 Å². The van der Waals surface area contributed by atoms with Crippen LogP contribution in [0.3, 0.4) is 0 Å². The number of benzene rings is 2. The quantitative estimate of drug-likeness (QED) is 0.456. The molecule has 6 nitrogen and oxygen atoms in total. The van der Waals surface area contributed by atoms with Crippen molar-refractivity contribution in [2.24, 2.45) is 4.99 Å². The Kier molecular flexibility index (Phi) is 7.56. The number of aromatic nitrogens is 2. The number of morpholine rings is 1. The number of guanidine groups is 1. The summed E-state index contributed by atoms with van der Waals surface area (Å²) in [6.07, 6.45) is 4.80. The topological polar surface area (TPSA) is 54.7 Å². The standard InChI is InChI=1S/C26H33N5O/c1-3-27-26(31-17-18-32-24(20-31)23-12-8-7-9-21(23)2)29-14-13-25-28-15-16-30(25)19-22-10-5-4-6-11-22/h4-12,15-16,24H,3,13-14,17-20H2,1-2H3,(H,27,29). The molecule has 1 saturated heterocycles. The number of rotatable bonds is 7. The van der Waals surface area contributed by atoms with E-state index in [4.69, 9.17) is 9.73 Å². The fraction of sp³-hybridized carbons (Fsp3) is 0.385. The lowest BCUT2D eigenvalue weighted by Gasteiger charge is -2.35. The Balaban J connectivity index is 1.40. The van der Waals surface area contributed by atoms with Crippen molar-refractivity contribution < 1.29 is 4.74 Å². The average molecular weight is 432 g/mol. The van der Waals surface area contributed by atoms with Crippen molar-refractivity contribution >= 4 is 5.96 Å². The van der Waals surface area contributed by atoms with Gasteiger partial charge in [0.2, 0.25) is 0 Å². The van der Waals surface area contributed by atoms with Gasteiger partial charge in [0.25, 0.3) is 0 Å². The van der Waals surface area contributed by atoms with Crippen molar-refractivity contribution in [2.45, 2.75) is 32.9 Å². The highest BCUT2D eigenvalue weighted by Crippen LogP contribution is 2.25. The number of imidazole rings is 1. The van der Waals surface area contributed by atoms with Gasteiger partial charge in [-0.2, -0.15) is 0 Å². The Morgan fingerprint density at radius 2 is 1.97 bits per heavy atom. The third-order valence-electron chi connectivity index (χ3n) is 5.83. The van der Waals surface area contributed by atoms with Crippen LogP contribution in [0.5, 0.6) is 0 Å². The van der Waals surface area contributed by atoms with E-state index in [1.54, 1.807) is 0 Å². The number of nitrogens with zero attached hydrogens (tertiary/aromatic N) is 4.